The van der Waals surface area contributed by atoms with Gasteiger partial charge < -0.3 is 14.2 Å². The van der Waals surface area contributed by atoms with Crippen molar-refractivity contribution in [1.29, 1.82) is 0 Å². The molecule has 0 N–H and O–H groups in total. The summed E-state index contributed by atoms with van der Waals surface area (Å²) in [5.74, 6) is 1.41. The van der Waals surface area contributed by atoms with E-state index in [0.29, 0.717) is 23.8 Å². The van der Waals surface area contributed by atoms with E-state index in [2.05, 4.69) is 45.0 Å². The highest BCUT2D eigenvalue weighted by molar-refractivity contribution is 5.91. The summed E-state index contributed by atoms with van der Waals surface area (Å²) in [5.41, 5.74) is 4.06. The molecule has 3 aromatic rings. The van der Waals surface area contributed by atoms with E-state index < -0.39 is 0 Å². The Hall–Kier alpha value is -3.11. The zero-order valence-corrected chi connectivity index (χ0v) is 26.2. The Kier molecular flexibility index (Phi) is 15.8. The Labute approximate surface area is 254 Å². The molecule has 3 aromatic carbocycles. The second-order valence-electron chi connectivity index (χ2n) is 11.4. The number of benzene rings is 3. The fourth-order valence-corrected chi connectivity index (χ4v) is 4.98. The molecule has 0 aliphatic rings. The molecule has 1 unspecified atom stereocenters. The number of unbranched alkanes of at least 4 members (excludes halogenated alkanes) is 9. The maximum atomic E-state index is 12.7. The lowest BCUT2D eigenvalue weighted by atomic mass is 9.95. The fourth-order valence-electron chi connectivity index (χ4n) is 4.98. The van der Waals surface area contributed by atoms with Crippen LogP contribution in [0.1, 0.15) is 120 Å². The first kappa shape index (κ1) is 33.4. The summed E-state index contributed by atoms with van der Waals surface area (Å²) in [6, 6.07) is 23.6. The lowest BCUT2D eigenvalue weighted by molar-refractivity contribution is 0.0734. The molecule has 0 radical (unpaired) electrons. The number of carbonyl (C=O) groups excluding carboxylic acids is 1. The SMILES string of the molecule is CCCCCCCCCCOc1ccc(C(=O)Oc2ccc(-c3ccc(C(C)CCOCCCCC)cc3)cc2)cc1. The van der Waals surface area contributed by atoms with Crippen LogP contribution in [0.5, 0.6) is 11.5 Å². The lowest BCUT2D eigenvalue weighted by Gasteiger charge is -2.13. The number of hydrogen-bond donors (Lipinski definition) is 0. The first-order chi connectivity index (χ1) is 20.6. The summed E-state index contributed by atoms with van der Waals surface area (Å²) < 4.78 is 17.3. The molecule has 0 aromatic heterocycles. The summed E-state index contributed by atoms with van der Waals surface area (Å²) >= 11 is 0. The van der Waals surface area contributed by atoms with E-state index >= 15 is 0 Å². The molecule has 0 aliphatic heterocycles. The molecule has 0 saturated heterocycles. The third-order valence-corrected chi connectivity index (χ3v) is 7.82. The molecule has 1 atom stereocenters. The monoisotopic (exact) mass is 572 g/mol. The third kappa shape index (κ3) is 12.4. The molecule has 228 valence electrons. The highest BCUT2D eigenvalue weighted by Crippen LogP contribution is 2.26. The molecule has 0 spiro atoms. The molecule has 0 bridgehead atoms. The van der Waals surface area contributed by atoms with Crippen molar-refractivity contribution in [3.63, 3.8) is 0 Å². The van der Waals surface area contributed by atoms with Gasteiger partial charge in [-0.1, -0.05) is 115 Å². The Morgan fingerprint density at radius 1 is 0.595 bits per heavy atom. The quantitative estimate of drug-likeness (QED) is 0.0723. The average molecular weight is 573 g/mol. The standard InChI is InChI=1S/C38H52O4/c1-4-6-8-9-10-11-12-14-29-41-36-23-21-35(22-24-36)38(39)42-37-25-19-34(20-26-37)33-17-15-32(16-18-33)31(3)27-30-40-28-13-7-5-2/h15-26,31H,4-14,27-30H2,1-3H3. The number of esters is 1. The molecule has 0 saturated carbocycles. The summed E-state index contributed by atoms with van der Waals surface area (Å²) in [6.07, 6.45) is 14.9. The van der Waals surface area contributed by atoms with E-state index in [1.54, 1.807) is 12.1 Å². The first-order valence-electron chi connectivity index (χ1n) is 16.3. The van der Waals surface area contributed by atoms with Crippen LogP contribution in [0, 0.1) is 0 Å². The Morgan fingerprint density at radius 2 is 1.12 bits per heavy atom. The van der Waals surface area contributed by atoms with Crippen LogP contribution in [0.25, 0.3) is 11.1 Å². The van der Waals surface area contributed by atoms with Crippen molar-refractivity contribution in [2.24, 2.45) is 0 Å². The summed E-state index contributed by atoms with van der Waals surface area (Å²) in [4.78, 5) is 12.7. The minimum Gasteiger partial charge on any atom is -0.494 e. The van der Waals surface area contributed by atoms with E-state index in [0.717, 1.165) is 49.4 Å². The maximum Gasteiger partial charge on any atom is 0.343 e. The van der Waals surface area contributed by atoms with Crippen LogP contribution < -0.4 is 9.47 Å². The van der Waals surface area contributed by atoms with E-state index in [1.807, 2.05) is 36.4 Å². The molecule has 0 aliphatic carbocycles. The second kappa shape index (κ2) is 19.9. The second-order valence-corrected chi connectivity index (χ2v) is 11.4. The van der Waals surface area contributed by atoms with E-state index in [-0.39, 0.29) is 5.97 Å². The van der Waals surface area contributed by atoms with Gasteiger partial charge in [0.1, 0.15) is 11.5 Å². The predicted molar refractivity (Wildman–Crippen MR) is 175 cm³/mol. The number of rotatable bonds is 21. The van der Waals surface area contributed by atoms with Gasteiger partial charge in [-0.3, -0.25) is 0 Å². The molecule has 3 rings (SSSR count). The smallest absolute Gasteiger partial charge is 0.343 e. The summed E-state index contributed by atoms with van der Waals surface area (Å²) in [5, 5.41) is 0. The van der Waals surface area contributed by atoms with Gasteiger partial charge >= 0.3 is 5.97 Å². The van der Waals surface area contributed by atoms with Gasteiger partial charge in [-0.25, -0.2) is 4.79 Å². The number of carbonyl (C=O) groups is 1. The molecule has 4 heteroatoms. The minimum absolute atomic E-state index is 0.370. The van der Waals surface area contributed by atoms with Crippen molar-refractivity contribution < 1.29 is 19.0 Å². The van der Waals surface area contributed by atoms with Crippen molar-refractivity contribution in [2.45, 2.75) is 104 Å². The van der Waals surface area contributed by atoms with Gasteiger partial charge in [0.25, 0.3) is 0 Å². The van der Waals surface area contributed by atoms with Gasteiger partial charge in [-0.05, 0) is 78.3 Å². The van der Waals surface area contributed by atoms with Crippen LogP contribution in [-0.2, 0) is 4.74 Å². The van der Waals surface area contributed by atoms with Crippen molar-refractivity contribution >= 4 is 5.97 Å². The van der Waals surface area contributed by atoms with Crippen molar-refractivity contribution in [3.8, 4) is 22.6 Å². The topological polar surface area (TPSA) is 44.8 Å². The highest BCUT2D eigenvalue weighted by atomic mass is 16.5. The van der Waals surface area contributed by atoms with Crippen LogP contribution in [0.2, 0.25) is 0 Å². The van der Waals surface area contributed by atoms with Crippen LogP contribution in [0.4, 0.5) is 0 Å². The zero-order chi connectivity index (χ0) is 29.8. The number of ether oxygens (including phenoxy) is 3. The third-order valence-electron chi connectivity index (χ3n) is 7.82. The summed E-state index contributed by atoms with van der Waals surface area (Å²) in [6.45, 7) is 9.10. The van der Waals surface area contributed by atoms with Gasteiger partial charge in [-0.15, -0.1) is 0 Å². The van der Waals surface area contributed by atoms with E-state index in [1.165, 1.54) is 63.4 Å². The van der Waals surface area contributed by atoms with Crippen molar-refractivity contribution in [1.82, 2.24) is 0 Å². The lowest BCUT2D eigenvalue weighted by Crippen LogP contribution is -2.08. The maximum absolute atomic E-state index is 12.7. The summed E-state index contributed by atoms with van der Waals surface area (Å²) in [7, 11) is 0. The van der Waals surface area contributed by atoms with Crippen LogP contribution in [0.15, 0.2) is 72.8 Å². The van der Waals surface area contributed by atoms with Gasteiger partial charge in [0.2, 0.25) is 0 Å². The van der Waals surface area contributed by atoms with E-state index in [4.69, 9.17) is 14.2 Å². The molecule has 0 heterocycles. The zero-order valence-electron chi connectivity index (χ0n) is 26.2. The van der Waals surface area contributed by atoms with Gasteiger partial charge in [-0.2, -0.15) is 0 Å². The first-order valence-corrected chi connectivity index (χ1v) is 16.3. The normalized spacial score (nSPS) is 11.8. The van der Waals surface area contributed by atoms with Crippen LogP contribution >= 0.6 is 0 Å². The fraction of sp³-hybridized carbons (Fsp3) is 0.500. The number of hydrogen-bond acceptors (Lipinski definition) is 4. The van der Waals surface area contributed by atoms with Crippen molar-refractivity contribution in [2.75, 3.05) is 19.8 Å². The minimum atomic E-state index is -0.370. The highest BCUT2D eigenvalue weighted by Gasteiger charge is 2.10. The van der Waals surface area contributed by atoms with Gasteiger partial charge in [0.15, 0.2) is 0 Å². The van der Waals surface area contributed by atoms with Gasteiger partial charge in [0, 0.05) is 13.2 Å². The molecule has 0 amide bonds. The average Bonchev–Trinajstić information content (AvgIpc) is 3.02. The van der Waals surface area contributed by atoms with Gasteiger partial charge in [0.05, 0.1) is 12.2 Å². The van der Waals surface area contributed by atoms with Crippen molar-refractivity contribution in [3.05, 3.63) is 83.9 Å². The van der Waals surface area contributed by atoms with Crippen LogP contribution in [-0.4, -0.2) is 25.8 Å². The van der Waals surface area contributed by atoms with E-state index in [9.17, 15) is 4.79 Å². The molecular formula is C38H52O4. The Bertz CT molecular complexity index is 1120. The van der Waals surface area contributed by atoms with Crippen LogP contribution in [0.3, 0.4) is 0 Å². The Morgan fingerprint density at radius 3 is 1.76 bits per heavy atom. The Balaban J connectivity index is 1.38. The molecule has 42 heavy (non-hydrogen) atoms. The molecular weight excluding hydrogens is 520 g/mol. The predicted octanol–water partition coefficient (Wildman–Crippen LogP) is 10.8. The molecule has 4 nitrogen and oxygen atoms in total. The molecule has 0 fully saturated rings. The largest absolute Gasteiger partial charge is 0.494 e.